The number of furan rings is 1. The van der Waals surface area contributed by atoms with Crippen LogP contribution in [0.5, 0.6) is 0 Å². The Morgan fingerprint density at radius 1 is 0.571 bits per heavy atom. The van der Waals surface area contributed by atoms with E-state index in [1.807, 2.05) is 6.07 Å². The number of hydrogen-bond donors (Lipinski definition) is 0. The smallest absolute Gasteiger partial charge is 0.136 e. The van der Waals surface area contributed by atoms with E-state index in [0.717, 1.165) is 59.1 Å². The lowest BCUT2D eigenvalue weighted by Gasteiger charge is -2.25. The highest BCUT2D eigenvalue weighted by Crippen LogP contribution is 2.43. The first-order valence-corrected chi connectivity index (χ1v) is 19.6. The van der Waals surface area contributed by atoms with Gasteiger partial charge in [-0.1, -0.05) is 134 Å². The largest absolute Gasteiger partial charge is 0.456 e. The second kappa shape index (κ2) is 14.4. The molecule has 2 aliphatic carbocycles. The van der Waals surface area contributed by atoms with Gasteiger partial charge in [0.1, 0.15) is 11.2 Å². The normalized spacial score (nSPS) is 14.7. The van der Waals surface area contributed by atoms with E-state index in [-0.39, 0.29) is 0 Å². The van der Waals surface area contributed by atoms with Crippen LogP contribution in [-0.2, 0) is 0 Å². The summed E-state index contributed by atoms with van der Waals surface area (Å²) in [6, 6.07) is 48.2. The molecule has 0 saturated carbocycles. The highest BCUT2D eigenvalue weighted by molar-refractivity contribution is 6.34. The highest BCUT2D eigenvalue weighted by Gasteiger charge is 2.17. The quantitative estimate of drug-likeness (QED) is 0.115. The summed E-state index contributed by atoms with van der Waals surface area (Å²) in [6.07, 6.45) is 24.0. The van der Waals surface area contributed by atoms with Crippen molar-refractivity contribution in [3.05, 3.63) is 217 Å². The standard InChI is InChI=1S/C54H41NO/c1-37(38-15-5-2-6-16-38)35-42(39-17-7-3-8-18-39)33-34-55(43-19-9-4-10-20-43)44-28-25-40(26-29-44)41-27-30-46-45-21-11-12-22-47(45)53-48(50(46)36-41)31-32-52-54(53)49-23-13-14-24-51(49)56-52/h2-5,7-9,11-15,17-19,21-36H,1,6,10,16,20H2/b34-33+,42-35+. The van der Waals surface area contributed by atoms with Crippen molar-refractivity contribution in [1.82, 2.24) is 0 Å². The number of hydrogen-bond acceptors (Lipinski definition) is 2. The van der Waals surface area contributed by atoms with Gasteiger partial charge in [-0.05, 0) is 141 Å². The molecule has 2 heteroatoms. The summed E-state index contributed by atoms with van der Waals surface area (Å²) in [5, 5.41) is 9.85. The third kappa shape index (κ3) is 6.10. The van der Waals surface area contributed by atoms with E-state index in [1.165, 1.54) is 65.7 Å². The average molecular weight is 720 g/mol. The fourth-order valence-corrected chi connectivity index (χ4v) is 8.55. The van der Waals surface area contributed by atoms with Crippen molar-refractivity contribution in [3.63, 3.8) is 0 Å². The molecule has 1 heterocycles. The minimum Gasteiger partial charge on any atom is -0.456 e. The van der Waals surface area contributed by atoms with Crippen molar-refractivity contribution in [2.75, 3.05) is 4.90 Å². The van der Waals surface area contributed by atoms with Crippen molar-refractivity contribution in [2.24, 2.45) is 0 Å². The number of benzene rings is 7. The topological polar surface area (TPSA) is 16.4 Å². The van der Waals surface area contributed by atoms with Gasteiger partial charge >= 0.3 is 0 Å². The number of anilines is 1. The molecule has 2 nitrogen and oxygen atoms in total. The molecule has 268 valence electrons. The van der Waals surface area contributed by atoms with Gasteiger partial charge in [0, 0.05) is 33.7 Å². The van der Waals surface area contributed by atoms with Gasteiger partial charge in [-0.3, -0.25) is 0 Å². The lowest BCUT2D eigenvalue weighted by Crippen LogP contribution is -2.16. The van der Waals surface area contributed by atoms with Gasteiger partial charge in [0.25, 0.3) is 0 Å². The van der Waals surface area contributed by atoms with E-state index in [4.69, 9.17) is 4.42 Å². The van der Waals surface area contributed by atoms with Gasteiger partial charge in [0.05, 0.1) is 0 Å². The summed E-state index contributed by atoms with van der Waals surface area (Å²) >= 11 is 0. The molecule has 1 aromatic heterocycles. The van der Waals surface area contributed by atoms with E-state index < -0.39 is 0 Å². The van der Waals surface area contributed by atoms with E-state index in [9.17, 15) is 0 Å². The number of fused-ring (bicyclic) bond motifs is 10. The molecular weight excluding hydrogens is 679 g/mol. The summed E-state index contributed by atoms with van der Waals surface area (Å²) in [5.74, 6) is 0. The van der Waals surface area contributed by atoms with Gasteiger partial charge in [-0.15, -0.1) is 0 Å². The van der Waals surface area contributed by atoms with E-state index in [0.29, 0.717) is 0 Å². The Morgan fingerprint density at radius 3 is 2.04 bits per heavy atom. The molecule has 0 saturated heterocycles. The Kier molecular flexibility index (Phi) is 8.65. The molecule has 0 fully saturated rings. The van der Waals surface area contributed by atoms with Gasteiger partial charge in [0.2, 0.25) is 0 Å². The predicted molar refractivity (Wildman–Crippen MR) is 240 cm³/mol. The fraction of sp³-hybridized carbons (Fsp3) is 0.0741. The zero-order chi connectivity index (χ0) is 37.4. The van der Waals surface area contributed by atoms with Crippen molar-refractivity contribution >= 4 is 65.5 Å². The van der Waals surface area contributed by atoms with Crippen LogP contribution in [0.25, 0.3) is 71.0 Å². The van der Waals surface area contributed by atoms with Crippen LogP contribution in [0, 0.1) is 0 Å². The lowest BCUT2D eigenvalue weighted by molar-refractivity contribution is 0.669. The maximum absolute atomic E-state index is 6.36. The monoisotopic (exact) mass is 719 g/mol. The SMILES string of the molecule is C=C(/C=C(\C=C\N(C1=CC=CCC1)c1ccc(-c2ccc3c4ccccc4c4c(ccc5oc6ccccc6c54)c3c2)cc1)c1ccccc1)C1=CC=CCC1. The molecule has 0 spiro atoms. The van der Waals surface area contributed by atoms with Crippen LogP contribution in [0.2, 0.25) is 0 Å². The molecular formula is C54H41NO. The van der Waals surface area contributed by atoms with Crippen molar-refractivity contribution in [3.8, 4) is 11.1 Å². The predicted octanol–water partition coefficient (Wildman–Crippen LogP) is 15.2. The second-order valence-electron chi connectivity index (χ2n) is 14.8. The summed E-state index contributed by atoms with van der Waals surface area (Å²) in [7, 11) is 0. The van der Waals surface area contributed by atoms with Crippen molar-refractivity contribution in [2.45, 2.75) is 25.7 Å². The number of rotatable bonds is 8. The molecule has 8 aromatic rings. The number of nitrogens with zero attached hydrogens (tertiary/aromatic N) is 1. The van der Waals surface area contributed by atoms with Crippen LogP contribution >= 0.6 is 0 Å². The van der Waals surface area contributed by atoms with Crippen LogP contribution in [0.4, 0.5) is 5.69 Å². The Balaban J connectivity index is 1.06. The Bertz CT molecular complexity index is 3020. The van der Waals surface area contributed by atoms with E-state index >= 15 is 0 Å². The van der Waals surface area contributed by atoms with Crippen molar-refractivity contribution in [1.29, 1.82) is 0 Å². The van der Waals surface area contributed by atoms with Crippen LogP contribution < -0.4 is 4.90 Å². The molecule has 7 aromatic carbocycles. The van der Waals surface area contributed by atoms with Crippen LogP contribution in [0.15, 0.2) is 216 Å². The number of allylic oxidation sites excluding steroid dienone is 12. The Morgan fingerprint density at radius 2 is 1.25 bits per heavy atom. The third-order valence-electron chi connectivity index (χ3n) is 11.4. The van der Waals surface area contributed by atoms with Crippen LogP contribution in [-0.4, -0.2) is 0 Å². The van der Waals surface area contributed by atoms with Crippen molar-refractivity contribution < 1.29 is 4.42 Å². The molecule has 0 bridgehead atoms. The molecule has 10 rings (SSSR count). The minimum absolute atomic E-state index is 0.921. The Hall–Kier alpha value is -6.90. The summed E-state index contributed by atoms with van der Waals surface area (Å²) in [4.78, 5) is 2.34. The Labute approximate surface area is 327 Å². The van der Waals surface area contributed by atoms with Gasteiger partial charge < -0.3 is 9.32 Å². The molecule has 0 atom stereocenters. The highest BCUT2D eigenvalue weighted by atomic mass is 16.3. The molecule has 0 radical (unpaired) electrons. The lowest BCUT2D eigenvalue weighted by atomic mass is 9.90. The van der Waals surface area contributed by atoms with Crippen LogP contribution in [0.1, 0.15) is 31.2 Å². The fourth-order valence-electron chi connectivity index (χ4n) is 8.55. The summed E-state index contributed by atoms with van der Waals surface area (Å²) < 4.78 is 6.36. The summed E-state index contributed by atoms with van der Waals surface area (Å²) in [6.45, 7) is 4.48. The molecule has 2 aliphatic rings. The van der Waals surface area contributed by atoms with E-state index in [1.54, 1.807) is 0 Å². The molecule has 0 amide bonds. The molecule has 56 heavy (non-hydrogen) atoms. The summed E-state index contributed by atoms with van der Waals surface area (Å²) in [5.41, 5.74) is 11.3. The maximum atomic E-state index is 6.36. The van der Waals surface area contributed by atoms with E-state index in [2.05, 4.69) is 194 Å². The first-order chi connectivity index (χ1) is 27.7. The van der Waals surface area contributed by atoms with Gasteiger partial charge in [0.15, 0.2) is 0 Å². The van der Waals surface area contributed by atoms with Gasteiger partial charge in [-0.25, -0.2) is 0 Å². The zero-order valence-electron chi connectivity index (χ0n) is 31.3. The first-order valence-electron chi connectivity index (χ1n) is 19.6. The second-order valence-corrected chi connectivity index (χ2v) is 14.8. The number of para-hydroxylation sites is 1. The molecule has 0 unspecified atom stereocenters. The maximum Gasteiger partial charge on any atom is 0.136 e. The van der Waals surface area contributed by atoms with Gasteiger partial charge in [-0.2, -0.15) is 0 Å². The first kappa shape index (κ1) is 33.7. The molecule has 0 aliphatic heterocycles. The zero-order valence-corrected chi connectivity index (χ0v) is 31.3. The minimum atomic E-state index is 0.921. The van der Waals surface area contributed by atoms with Crippen LogP contribution in [0.3, 0.4) is 0 Å². The average Bonchev–Trinajstić information content (AvgIpc) is 3.66. The third-order valence-corrected chi connectivity index (χ3v) is 11.4. The molecule has 0 N–H and O–H groups in total.